The third kappa shape index (κ3) is 1.89. The van der Waals surface area contributed by atoms with Crippen LogP contribution in [-0.4, -0.2) is 33.3 Å². The molecule has 1 aromatic heterocycles. The minimum Gasteiger partial charge on any atom is -0.478 e. The Morgan fingerprint density at radius 1 is 1.47 bits per heavy atom. The van der Waals surface area contributed by atoms with E-state index in [1.807, 2.05) is 0 Å². The molecule has 17 heavy (non-hydrogen) atoms. The Morgan fingerprint density at radius 2 is 2.18 bits per heavy atom. The number of amidine groups is 1. The molecule has 1 amide bonds. The summed E-state index contributed by atoms with van der Waals surface area (Å²) in [7, 11) is 0. The van der Waals surface area contributed by atoms with E-state index in [1.165, 1.54) is 18.3 Å². The second kappa shape index (κ2) is 3.65. The van der Waals surface area contributed by atoms with Crippen molar-refractivity contribution in [2.45, 2.75) is 19.4 Å². The molecule has 2 rings (SSSR count). The van der Waals surface area contributed by atoms with Crippen LogP contribution < -0.4 is 5.32 Å². The molecule has 0 atom stereocenters. The van der Waals surface area contributed by atoms with Crippen LogP contribution in [0.4, 0.5) is 0 Å². The molecule has 0 bridgehead atoms. The molecule has 2 heterocycles. The zero-order valence-electron chi connectivity index (χ0n) is 9.39. The van der Waals surface area contributed by atoms with Gasteiger partial charge in [-0.25, -0.2) is 4.79 Å². The number of aromatic carboxylic acids is 1. The molecule has 1 aliphatic rings. The number of nitrogens with zero attached hydrogens (tertiary/aromatic N) is 2. The van der Waals surface area contributed by atoms with E-state index in [0.717, 1.165) is 0 Å². The van der Waals surface area contributed by atoms with Gasteiger partial charge in [-0.05, 0) is 26.0 Å². The van der Waals surface area contributed by atoms with Crippen LogP contribution in [0.5, 0.6) is 0 Å². The smallest absolute Gasteiger partial charge is 0.338 e. The number of hydrogen-bond acceptors (Lipinski definition) is 4. The van der Waals surface area contributed by atoms with Gasteiger partial charge >= 0.3 is 5.97 Å². The Balaban J connectivity index is 2.50. The monoisotopic (exact) mass is 233 g/mol. The third-order valence-electron chi connectivity index (χ3n) is 2.44. The summed E-state index contributed by atoms with van der Waals surface area (Å²) in [5, 5.41) is 11.6. The molecule has 0 saturated carbocycles. The van der Waals surface area contributed by atoms with Crippen LogP contribution in [0.1, 0.15) is 29.9 Å². The quantitative estimate of drug-likeness (QED) is 0.775. The van der Waals surface area contributed by atoms with Gasteiger partial charge in [-0.1, -0.05) is 0 Å². The lowest BCUT2D eigenvalue weighted by Crippen LogP contribution is -2.35. The van der Waals surface area contributed by atoms with Gasteiger partial charge in [-0.2, -0.15) is 0 Å². The van der Waals surface area contributed by atoms with Crippen LogP contribution in [0, 0.1) is 0 Å². The second-order valence-corrected chi connectivity index (χ2v) is 4.18. The van der Waals surface area contributed by atoms with E-state index >= 15 is 0 Å². The van der Waals surface area contributed by atoms with Crippen molar-refractivity contribution in [2.75, 3.05) is 0 Å². The Hall–Kier alpha value is -2.24. The van der Waals surface area contributed by atoms with Crippen LogP contribution in [-0.2, 0) is 4.79 Å². The van der Waals surface area contributed by atoms with Crippen LogP contribution in [0.3, 0.4) is 0 Å². The number of aromatic nitrogens is 1. The van der Waals surface area contributed by atoms with Crippen molar-refractivity contribution in [1.29, 1.82) is 0 Å². The van der Waals surface area contributed by atoms with Crippen molar-refractivity contribution < 1.29 is 14.7 Å². The molecule has 6 nitrogen and oxygen atoms in total. The summed E-state index contributed by atoms with van der Waals surface area (Å²) in [5.41, 5.74) is -0.689. The average molecular weight is 233 g/mol. The van der Waals surface area contributed by atoms with Crippen LogP contribution in [0.25, 0.3) is 0 Å². The number of aliphatic imine (C=N–C) groups is 1. The first-order valence-electron chi connectivity index (χ1n) is 5.02. The Bertz CT molecular complexity index is 535. The van der Waals surface area contributed by atoms with E-state index < -0.39 is 11.5 Å². The lowest BCUT2D eigenvalue weighted by molar-refractivity contribution is -0.122. The zero-order valence-corrected chi connectivity index (χ0v) is 9.39. The summed E-state index contributed by atoms with van der Waals surface area (Å²) in [5.74, 6) is -1.16. The van der Waals surface area contributed by atoms with Crippen LogP contribution in [0.15, 0.2) is 23.3 Å². The van der Waals surface area contributed by atoms with E-state index in [-0.39, 0.29) is 23.0 Å². The molecule has 0 unspecified atom stereocenters. The van der Waals surface area contributed by atoms with Gasteiger partial charge in [0, 0.05) is 6.20 Å². The number of amides is 1. The first-order chi connectivity index (χ1) is 7.92. The minimum atomic E-state index is -1.10. The minimum absolute atomic E-state index is 0.0178. The predicted octanol–water partition coefficient (Wildman–Crippen LogP) is 0.435. The number of carboxylic acid groups (broad SMARTS) is 1. The Labute approximate surface area is 97.4 Å². The number of carboxylic acids is 1. The highest BCUT2D eigenvalue weighted by Crippen LogP contribution is 2.18. The van der Waals surface area contributed by atoms with Gasteiger partial charge in [-0.15, -0.1) is 0 Å². The van der Waals surface area contributed by atoms with Crippen molar-refractivity contribution in [3.05, 3.63) is 29.6 Å². The van der Waals surface area contributed by atoms with Gasteiger partial charge in [0.2, 0.25) is 0 Å². The molecule has 1 aliphatic heterocycles. The largest absolute Gasteiger partial charge is 0.478 e. The molecule has 0 aromatic carbocycles. The number of carbonyl (C=O) groups excluding carboxylic acids is 1. The number of rotatable bonds is 2. The van der Waals surface area contributed by atoms with Crippen molar-refractivity contribution in [3.63, 3.8) is 0 Å². The topological polar surface area (TPSA) is 91.7 Å². The first-order valence-corrected chi connectivity index (χ1v) is 5.02. The summed E-state index contributed by atoms with van der Waals surface area (Å²) >= 11 is 0. The SMILES string of the molecule is CC1(C)N=C(c2ncccc2C(=O)O)NC1=O. The molecule has 6 heteroatoms. The highest BCUT2D eigenvalue weighted by molar-refractivity contribution is 6.17. The van der Waals surface area contributed by atoms with Gasteiger partial charge < -0.3 is 10.4 Å². The molecule has 0 saturated heterocycles. The normalized spacial score (nSPS) is 17.5. The fraction of sp³-hybridized carbons (Fsp3) is 0.273. The summed E-state index contributed by atoms with van der Waals surface area (Å²) in [6.45, 7) is 3.30. The number of carbonyl (C=O) groups is 2. The molecule has 0 aliphatic carbocycles. The first kappa shape index (κ1) is 11.3. The third-order valence-corrected chi connectivity index (χ3v) is 2.44. The summed E-state index contributed by atoms with van der Waals surface area (Å²) in [4.78, 5) is 30.7. The number of hydrogen-bond donors (Lipinski definition) is 2. The van der Waals surface area contributed by atoms with Crippen LogP contribution >= 0.6 is 0 Å². The van der Waals surface area contributed by atoms with Gasteiger partial charge in [0.15, 0.2) is 5.84 Å². The molecule has 88 valence electrons. The van der Waals surface area contributed by atoms with Gasteiger partial charge in [0.25, 0.3) is 5.91 Å². The molecule has 1 aromatic rings. The van der Waals surface area contributed by atoms with E-state index in [1.54, 1.807) is 13.8 Å². The molecular weight excluding hydrogens is 222 g/mol. The van der Waals surface area contributed by atoms with Crippen molar-refractivity contribution >= 4 is 17.7 Å². The van der Waals surface area contributed by atoms with Crippen molar-refractivity contribution in [3.8, 4) is 0 Å². The molecule has 0 spiro atoms. The average Bonchev–Trinajstić information content (AvgIpc) is 2.53. The summed E-state index contributed by atoms with van der Waals surface area (Å²) < 4.78 is 0. The second-order valence-electron chi connectivity index (χ2n) is 4.18. The number of nitrogens with one attached hydrogen (secondary N) is 1. The van der Waals surface area contributed by atoms with Crippen molar-refractivity contribution in [1.82, 2.24) is 10.3 Å². The maximum Gasteiger partial charge on any atom is 0.338 e. The summed E-state index contributed by atoms with van der Waals surface area (Å²) in [6, 6.07) is 2.94. The van der Waals surface area contributed by atoms with E-state index in [0.29, 0.717) is 0 Å². The predicted molar refractivity (Wildman–Crippen MR) is 60.0 cm³/mol. The fourth-order valence-electron chi connectivity index (χ4n) is 1.50. The highest BCUT2D eigenvalue weighted by Gasteiger charge is 2.36. The molecule has 0 radical (unpaired) electrons. The van der Waals surface area contributed by atoms with Crippen LogP contribution in [0.2, 0.25) is 0 Å². The zero-order chi connectivity index (χ0) is 12.6. The molecule has 0 fully saturated rings. The fourth-order valence-corrected chi connectivity index (χ4v) is 1.50. The highest BCUT2D eigenvalue weighted by atomic mass is 16.4. The maximum atomic E-state index is 11.6. The molecule has 2 N–H and O–H groups in total. The lowest BCUT2D eigenvalue weighted by Gasteiger charge is -2.07. The molecular formula is C11H11N3O3. The van der Waals surface area contributed by atoms with Crippen molar-refractivity contribution in [2.24, 2.45) is 4.99 Å². The van der Waals surface area contributed by atoms with Gasteiger partial charge in [-0.3, -0.25) is 14.8 Å². The maximum absolute atomic E-state index is 11.6. The van der Waals surface area contributed by atoms with E-state index in [4.69, 9.17) is 5.11 Å². The standard InChI is InChI=1S/C11H11N3O3/c1-11(2)10(17)13-8(14-11)7-6(9(15)16)4-3-5-12-7/h3-5H,1-2H3,(H,15,16)(H,13,14,17). The van der Waals surface area contributed by atoms with Gasteiger partial charge in [0.1, 0.15) is 11.2 Å². The Kier molecular flexibility index (Phi) is 2.42. The van der Waals surface area contributed by atoms with Gasteiger partial charge in [0.05, 0.1) is 5.56 Å². The Morgan fingerprint density at radius 3 is 2.71 bits per heavy atom. The lowest BCUT2D eigenvalue weighted by atomic mass is 10.1. The van der Waals surface area contributed by atoms with E-state index in [2.05, 4.69) is 15.3 Å². The number of pyridine rings is 1. The summed E-state index contributed by atoms with van der Waals surface area (Å²) in [6.07, 6.45) is 1.46. The van der Waals surface area contributed by atoms with E-state index in [9.17, 15) is 9.59 Å².